The second kappa shape index (κ2) is 4.59. The Morgan fingerprint density at radius 2 is 2.13 bits per heavy atom. The number of benzene rings is 1. The molecule has 1 aromatic rings. The van der Waals surface area contributed by atoms with Crippen molar-refractivity contribution in [2.75, 3.05) is 12.4 Å². The van der Waals surface area contributed by atoms with Gasteiger partial charge in [0.05, 0.1) is 12.8 Å². The van der Waals surface area contributed by atoms with Crippen LogP contribution >= 0.6 is 0 Å². The lowest BCUT2D eigenvalue weighted by atomic mass is 10.1. The quantitative estimate of drug-likeness (QED) is 0.768. The van der Waals surface area contributed by atoms with E-state index in [9.17, 15) is 9.59 Å². The summed E-state index contributed by atoms with van der Waals surface area (Å²) in [6.45, 7) is 3.18. The first-order chi connectivity index (χ1) is 7.08. The Balaban J connectivity index is 3.25. The van der Waals surface area contributed by atoms with Gasteiger partial charge >= 0.3 is 0 Å². The number of carbonyl (C=O) groups excluding carboxylic acids is 2. The summed E-state index contributed by atoms with van der Waals surface area (Å²) in [5.41, 5.74) is 1.73. The Morgan fingerprint density at radius 1 is 1.47 bits per heavy atom. The first-order valence-corrected chi connectivity index (χ1v) is 4.50. The molecule has 0 aliphatic rings. The van der Waals surface area contributed by atoms with Gasteiger partial charge in [0.15, 0.2) is 6.29 Å². The first kappa shape index (κ1) is 11.2. The molecule has 4 heteroatoms. The van der Waals surface area contributed by atoms with E-state index in [-0.39, 0.29) is 5.91 Å². The Labute approximate surface area is 88.2 Å². The summed E-state index contributed by atoms with van der Waals surface area (Å²) in [7, 11) is 1.53. The molecule has 0 aliphatic heterocycles. The number of rotatable bonds is 3. The number of methoxy groups -OCH3 is 1. The predicted octanol–water partition coefficient (Wildman–Crippen LogP) is 1.77. The molecular formula is C11H13NO3. The second-order valence-corrected chi connectivity index (χ2v) is 3.20. The average molecular weight is 207 g/mol. The monoisotopic (exact) mass is 207 g/mol. The fraction of sp³-hybridized carbons (Fsp3) is 0.273. The minimum atomic E-state index is -0.217. The van der Waals surface area contributed by atoms with Crippen molar-refractivity contribution in [2.24, 2.45) is 0 Å². The van der Waals surface area contributed by atoms with E-state index in [1.807, 2.05) is 0 Å². The molecular weight excluding hydrogens is 194 g/mol. The molecule has 0 radical (unpaired) electrons. The minimum absolute atomic E-state index is 0.217. The molecule has 0 heterocycles. The largest absolute Gasteiger partial charge is 0.497 e. The fourth-order valence-electron chi connectivity index (χ4n) is 1.33. The number of nitrogens with one attached hydrogen (secondary N) is 1. The molecule has 0 aliphatic carbocycles. The van der Waals surface area contributed by atoms with E-state index < -0.39 is 0 Å². The van der Waals surface area contributed by atoms with E-state index >= 15 is 0 Å². The Kier molecular flexibility index (Phi) is 3.44. The van der Waals surface area contributed by atoms with Gasteiger partial charge in [0.1, 0.15) is 5.75 Å². The molecule has 4 nitrogen and oxygen atoms in total. The number of amides is 1. The lowest BCUT2D eigenvalue weighted by molar-refractivity contribution is -0.114. The molecule has 0 bridgehead atoms. The van der Waals surface area contributed by atoms with Gasteiger partial charge in [0, 0.05) is 18.6 Å². The van der Waals surface area contributed by atoms with Gasteiger partial charge in [0.25, 0.3) is 0 Å². The number of carbonyl (C=O) groups is 2. The third-order valence-electron chi connectivity index (χ3n) is 2.02. The van der Waals surface area contributed by atoms with Crippen molar-refractivity contribution >= 4 is 17.9 Å². The van der Waals surface area contributed by atoms with Crippen molar-refractivity contribution in [1.29, 1.82) is 0 Å². The van der Waals surface area contributed by atoms with Crippen LogP contribution in [0.1, 0.15) is 22.8 Å². The summed E-state index contributed by atoms with van der Waals surface area (Å²) in [4.78, 5) is 21.8. The minimum Gasteiger partial charge on any atom is -0.497 e. The lowest BCUT2D eigenvalue weighted by Crippen LogP contribution is -2.09. The van der Waals surface area contributed by atoms with Crippen LogP contribution in [0.3, 0.4) is 0 Å². The van der Waals surface area contributed by atoms with Crippen LogP contribution < -0.4 is 10.1 Å². The van der Waals surface area contributed by atoms with Crippen molar-refractivity contribution in [2.45, 2.75) is 13.8 Å². The van der Waals surface area contributed by atoms with Gasteiger partial charge < -0.3 is 10.1 Å². The van der Waals surface area contributed by atoms with Gasteiger partial charge in [-0.25, -0.2) is 0 Å². The zero-order chi connectivity index (χ0) is 11.4. The summed E-state index contributed by atoms with van der Waals surface area (Å²) >= 11 is 0. The summed E-state index contributed by atoms with van der Waals surface area (Å²) < 4.78 is 5.05. The molecule has 1 amide bonds. The van der Waals surface area contributed by atoms with E-state index in [0.717, 1.165) is 11.8 Å². The Morgan fingerprint density at radius 3 is 2.60 bits per heavy atom. The van der Waals surface area contributed by atoms with Crippen molar-refractivity contribution in [3.8, 4) is 5.75 Å². The normalized spacial score (nSPS) is 9.53. The molecule has 0 saturated carbocycles. The van der Waals surface area contributed by atoms with Gasteiger partial charge in [-0.05, 0) is 18.6 Å². The number of hydrogen-bond acceptors (Lipinski definition) is 3. The van der Waals surface area contributed by atoms with Gasteiger partial charge in [-0.15, -0.1) is 0 Å². The summed E-state index contributed by atoms with van der Waals surface area (Å²) in [6.07, 6.45) is 0.722. The highest BCUT2D eigenvalue weighted by Crippen LogP contribution is 2.25. The van der Waals surface area contributed by atoms with E-state index in [1.165, 1.54) is 14.0 Å². The fourth-order valence-corrected chi connectivity index (χ4v) is 1.33. The summed E-state index contributed by atoms with van der Waals surface area (Å²) in [5, 5.41) is 2.59. The molecule has 1 rings (SSSR count). The third kappa shape index (κ3) is 2.56. The maximum Gasteiger partial charge on any atom is 0.221 e. The molecule has 15 heavy (non-hydrogen) atoms. The Hall–Kier alpha value is -1.84. The smallest absolute Gasteiger partial charge is 0.221 e. The van der Waals surface area contributed by atoms with E-state index in [2.05, 4.69) is 5.32 Å². The maximum absolute atomic E-state index is 10.9. The van der Waals surface area contributed by atoms with Crippen LogP contribution in [-0.4, -0.2) is 19.3 Å². The highest BCUT2D eigenvalue weighted by atomic mass is 16.5. The van der Waals surface area contributed by atoms with Crippen LogP contribution in [0.4, 0.5) is 5.69 Å². The maximum atomic E-state index is 10.9. The molecule has 0 atom stereocenters. The second-order valence-electron chi connectivity index (χ2n) is 3.20. The SMILES string of the molecule is COc1cc(C)c(C=O)c(NC(C)=O)c1. The van der Waals surface area contributed by atoms with Gasteiger partial charge in [-0.1, -0.05) is 0 Å². The van der Waals surface area contributed by atoms with Crippen molar-refractivity contribution in [1.82, 2.24) is 0 Å². The number of aldehydes is 1. The molecule has 0 spiro atoms. The van der Waals surface area contributed by atoms with E-state index in [0.29, 0.717) is 17.0 Å². The standard InChI is InChI=1S/C11H13NO3/c1-7-4-9(15-3)5-11(10(7)6-13)12-8(2)14/h4-6H,1-3H3,(H,12,14). The Bertz CT molecular complexity index is 399. The number of anilines is 1. The third-order valence-corrected chi connectivity index (χ3v) is 2.02. The molecule has 0 saturated heterocycles. The zero-order valence-corrected chi connectivity index (χ0v) is 8.96. The van der Waals surface area contributed by atoms with Crippen LogP contribution in [-0.2, 0) is 4.79 Å². The first-order valence-electron chi connectivity index (χ1n) is 4.50. The topological polar surface area (TPSA) is 55.4 Å². The highest BCUT2D eigenvalue weighted by Gasteiger charge is 2.08. The van der Waals surface area contributed by atoms with Crippen LogP contribution in [0, 0.1) is 6.92 Å². The summed E-state index contributed by atoms with van der Waals surface area (Å²) in [6, 6.07) is 3.37. The van der Waals surface area contributed by atoms with Gasteiger partial charge in [-0.2, -0.15) is 0 Å². The number of aryl methyl sites for hydroxylation is 1. The molecule has 0 fully saturated rings. The van der Waals surface area contributed by atoms with Crippen molar-refractivity contribution in [3.63, 3.8) is 0 Å². The van der Waals surface area contributed by atoms with E-state index in [1.54, 1.807) is 19.1 Å². The van der Waals surface area contributed by atoms with Gasteiger partial charge in [0.2, 0.25) is 5.91 Å². The number of ether oxygens (including phenoxy) is 1. The van der Waals surface area contributed by atoms with Crippen LogP contribution in [0.2, 0.25) is 0 Å². The van der Waals surface area contributed by atoms with Crippen LogP contribution in [0.25, 0.3) is 0 Å². The van der Waals surface area contributed by atoms with Crippen LogP contribution in [0.5, 0.6) is 5.75 Å². The van der Waals surface area contributed by atoms with Crippen molar-refractivity contribution < 1.29 is 14.3 Å². The molecule has 80 valence electrons. The average Bonchev–Trinajstić information content (AvgIpc) is 2.16. The lowest BCUT2D eigenvalue weighted by Gasteiger charge is -2.10. The number of hydrogen-bond donors (Lipinski definition) is 1. The highest BCUT2D eigenvalue weighted by molar-refractivity contribution is 5.96. The summed E-state index contributed by atoms with van der Waals surface area (Å²) in [5.74, 6) is 0.396. The van der Waals surface area contributed by atoms with Crippen molar-refractivity contribution in [3.05, 3.63) is 23.3 Å². The molecule has 1 aromatic carbocycles. The van der Waals surface area contributed by atoms with Gasteiger partial charge in [-0.3, -0.25) is 9.59 Å². The van der Waals surface area contributed by atoms with Crippen LogP contribution in [0.15, 0.2) is 12.1 Å². The molecule has 0 aromatic heterocycles. The molecule has 1 N–H and O–H groups in total. The zero-order valence-electron chi connectivity index (χ0n) is 8.96. The predicted molar refractivity (Wildman–Crippen MR) is 57.4 cm³/mol. The molecule has 0 unspecified atom stereocenters. The van der Waals surface area contributed by atoms with E-state index in [4.69, 9.17) is 4.74 Å².